The Hall–Kier alpha value is -0.870. The molecule has 1 nitrogen and oxygen atoms in total. The summed E-state index contributed by atoms with van der Waals surface area (Å²) in [5.41, 5.74) is 0.999. The monoisotopic (exact) mass is 358 g/mol. The van der Waals surface area contributed by atoms with Gasteiger partial charge in [0.1, 0.15) is 6.61 Å². The van der Waals surface area contributed by atoms with E-state index in [0.717, 1.165) is 10.0 Å². The third-order valence-electron chi connectivity index (χ3n) is 2.23. The topological polar surface area (TPSA) is 9.23 Å². The van der Waals surface area contributed by atoms with Crippen LogP contribution in [0.2, 0.25) is 0 Å². The van der Waals surface area contributed by atoms with E-state index in [9.17, 15) is 4.39 Å². The van der Waals surface area contributed by atoms with Crippen molar-refractivity contribution >= 4 is 31.9 Å². The van der Waals surface area contributed by atoms with Crippen LogP contribution < -0.4 is 4.74 Å². The van der Waals surface area contributed by atoms with E-state index in [0.29, 0.717) is 11.1 Å². The number of rotatable bonds is 3. The van der Waals surface area contributed by atoms with Crippen LogP contribution in [0.4, 0.5) is 4.39 Å². The Morgan fingerprint density at radius 1 is 1.00 bits per heavy atom. The minimum Gasteiger partial charge on any atom is -0.485 e. The number of benzene rings is 2. The van der Waals surface area contributed by atoms with E-state index >= 15 is 0 Å². The van der Waals surface area contributed by atoms with Crippen molar-refractivity contribution in [2.75, 3.05) is 0 Å². The van der Waals surface area contributed by atoms with E-state index in [-0.39, 0.29) is 11.6 Å². The predicted molar refractivity (Wildman–Crippen MR) is 72.6 cm³/mol. The summed E-state index contributed by atoms with van der Waals surface area (Å²) in [6.07, 6.45) is 0. The molecule has 88 valence electrons. The molecule has 4 heteroatoms. The van der Waals surface area contributed by atoms with E-state index in [1.807, 2.05) is 30.3 Å². The van der Waals surface area contributed by atoms with Crippen LogP contribution in [0.1, 0.15) is 5.56 Å². The average molecular weight is 360 g/mol. The molecule has 0 spiro atoms. The number of hydrogen-bond acceptors (Lipinski definition) is 1. The van der Waals surface area contributed by atoms with Crippen LogP contribution >= 0.6 is 31.9 Å². The van der Waals surface area contributed by atoms with Crippen molar-refractivity contribution in [2.24, 2.45) is 0 Å². The van der Waals surface area contributed by atoms with Gasteiger partial charge in [-0.2, -0.15) is 0 Å². The molecule has 2 rings (SSSR count). The zero-order valence-electron chi connectivity index (χ0n) is 8.79. The minimum atomic E-state index is -0.379. The lowest BCUT2D eigenvalue weighted by molar-refractivity contribution is 0.288. The fourth-order valence-electron chi connectivity index (χ4n) is 1.37. The molecule has 2 aromatic rings. The summed E-state index contributed by atoms with van der Waals surface area (Å²) in [5.74, 6) is -0.153. The summed E-state index contributed by atoms with van der Waals surface area (Å²) >= 11 is 6.61. The van der Waals surface area contributed by atoms with Gasteiger partial charge in [0.2, 0.25) is 0 Å². The van der Waals surface area contributed by atoms with E-state index in [1.54, 1.807) is 6.07 Å². The molecule has 0 unspecified atom stereocenters. The third-order valence-corrected chi connectivity index (χ3v) is 4.21. The van der Waals surface area contributed by atoms with E-state index in [4.69, 9.17) is 4.74 Å². The predicted octanol–water partition coefficient (Wildman–Crippen LogP) is 4.93. The molecule has 0 amide bonds. The summed E-state index contributed by atoms with van der Waals surface area (Å²) in [6, 6.07) is 12.6. The molecule has 0 bridgehead atoms. The minimum absolute atomic E-state index is 0.225. The summed E-state index contributed by atoms with van der Waals surface area (Å²) in [7, 11) is 0. The Morgan fingerprint density at radius 3 is 2.41 bits per heavy atom. The molecule has 0 N–H and O–H groups in total. The first-order chi connectivity index (χ1) is 8.18. The van der Waals surface area contributed by atoms with Crippen LogP contribution in [-0.2, 0) is 6.61 Å². The quantitative estimate of drug-likeness (QED) is 0.706. The summed E-state index contributed by atoms with van der Waals surface area (Å²) < 4.78 is 20.4. The van der Waals surface area contributed by atoms with Crippen LogP contribution in [0.5, 0.6) is 5.75 Å². The Bertz CT molecular complexity index is 514. The van der Waals surface area contributed by atoms with Gasteiger partial charge in [-0.15, -0.1) is 0 Å². The second kappa shape index (κ2) is 5.65. The molecular weight excluding hydrogens is 351 g/mol. The van der Waals surface area contributed by atoms with Crippen molar-refractivity contribution in [1.82, 2.24) is 0 Å². The SMILES string of the molecule is Fc1ccc(Br)c(Br)c1OCc1ccccc1. The fraction of sp³-hybridized carbons (Fsp3) is 0.0769. The lowest BCUT2D eigenvalue weighted by Gasteiger charge is -2.10. The van der Waals surface area contributed by atoms with Gasteiger partial charge in [-0.1, -0.05) is 30.3 Å². The zero-order chi connectivity index (χ0) is 12.3. The van der Waals surface area contributed by atoms with Crippen molar-refractivity contribution in [3.63, 3.8) is 0 Å². The van der Waals surface area contributed by atoms with Crippen LogP contribution in [0.25, 0.3) is 0 Å². The molecule has 0 saturated carbocycles. The summed E-state index contributed by atoms with van der Waals surface area (Å²) in [4.78, 5) is 0. The number of halogens is 3. The second-order valence-electron chi connectivity index (χ2n) is 3.45. The molecule has 17 heavy (non-hydrogen) atoms. The van der Waals surface area contributed by atoms with Gasteiger partial charge in [0.25, 0.3) is 0 Å². The molecule has 0 saturated heterocycles. The third kappa shape index (κ3) is 3.07. The molecule has 0 aliphatic heterocycles. The van der Waals surface area contributed by atoms with Gasteiger partial charge in [-0.3, -0.25) is 0 Å². The lowest BCUT2D eigenvalue weighted by Crippen LogP contribution is -1.98. The van der Waals surface area contributed by atoms with Crippen LogP contribution in [0.3, 0.4) is 0 Å². The molecule has 0 radical (unpaired) electrons. The highest BCUT2D eigenvalue weighted by molar-refractivity contribution is 9.13. The average Bonchev–Trinajstić information content (AvgIpc) is 2.35. The van der Waals surface area contributed by atoms with E-state index in [2.05, 4.69) is 31.9 Å². The Balaban J connectivity index is 2.17. The maximum Gasteiger partial charge on any atom is 0.170 e. The smallest absolute Gasteiger partial charge is 0.170 e. The molecule has 0 heterocycles. The highest BCUT2D eigenvalue weighted by atomic mass is 79.9. The maximum absolute atomic E-state index is 13.6. The molecule has 0 aliphatic carbocycles. The van der Waals surface area contributed by atoms with Gasteiger partial charge in [-0.05, 0) is 49.6 Å². The molecule has 2 aromatic carbocycles. The zero-order valence-corrected chi connectivity index (χ0v) is 12.0. The highest BCUT2D eigenvalue weighted by Crippen LogP contribution is 2.35. The van der Waals surface area contributed by atoms with Crippen LogP contribution in [0.15, 0.2) is 51.4 Å². The Kier molecular flexibility index (Phi) is 4.18. The molecule has 0 atom stereocenters. The summed E-state index contributed by atoms with van der Waals surface area (Å²) in [5, 5.41) is 0. The standard InChI is InChI=1S/C13H9Br2FO/c14-10-6-7-11(16)13(12(10)15)17-8-9-4-2-1-3-5-9/h1-7H,8H2. The first kappa shape index (κ1) is 12.6. The Labute approximate surface area is 116 Å². The van der Waals surface area contributed by atoms with Gasteiger partial charge in [0, 0.05) is 4.47 Å². The van der Waals surface area contributed by atoms with Gasteiger partial charge in [-0.25, -0.2) is 4.39 Å². The number of ether oxygens (including phenoxy) is 1. The first-order valence-electron chi connectivity index (χ1n) is 4.98. The van der Waals surface area contributed by atoms with Gasteiger partial charge >= 0.3 is 0 Å². The van der Waals surface area contributed by atoms with Crippen molar-refractivity contribution in [1.29, 1.82) is 0 Å². The van der Waals surface area contributed by atoms with Crippen LogP contribution in [-0.4, -0.2) is 0 Å². The van der Waals surface area contributed by atoms with Gasteiger partial charge in [0.15, 0.2) is 11.6 Å². The Morgan fingerprint density at radius 2 is 1.71 bits per heavy atom. The molecule has 0 fully saturated rings. The molecule has 0 aromatic heterocycles. The van der Waals surface area contributed by atoms with Crippen molar-refractivity contribution in [3.05, 3.63) is 62.8 Å². The summed E-state index contributed by atoms with van der Waals surface area (Å²) in [6.45, 7) is 0.340. The van der Waals surface area contributed by atoms with E-state index in [1.165, 1.54) is 6.07 Å². The highest BCUT2D eigenvalue weighted by Gasteiger charge is 2.11. The van der Waals surface area contributed by atoms with Gasteiger partial charge < -0.3 is 4.74 Å². The maximum atomic E-state index is 13.6. The van der Waals surface area contributed by atoms with Gasteiger partial charge in [0.05, 0.1) is 4.47 Å². The first-order valence-corrected chi connectivity index (χ1v) is 6.57. The van der Waals surface area contributed by atoms with Crippen LogP contribution in [0, 0.1) is 5.82 Å². The lowest BCUT2D eigenvalue weighted by atomic mass is 10.2. The normalized spacial score (nSPS) is 10.3. The molecule has 0 aliphatic rings. The fourth-order valence-corrected chi connectivity index (χ4v) is 2.12. The van der Waals surface area contributed by atoms with Crippen molar-refractivity contribution < 1.29 is 9.13 Å². The molecular formula is C13H9Br2FO. The van der Waals surface area contributed by atoms with Crippen molar-refractivity contribution in [2.45, 2.75) is 6.61 Å². The van der Waals surface area contributed by atoms with Crippen molar-refractivity contribution in [3.8, 4) is 5.75 Å². The van der Waals surface area contributed by atoms with E-state index < -0.39 is 0 Å². The largest absolute Gasteiger partial charge is 0.485 e. The second-order valence-corrected chi connectivity index (χ2v) is 5.09. The number of hydrogen-bond donors (Lipinski definition) is 0.